The van der Waals surface area contributed by atoms with Crippen molar-refractivity contribution in [1.29, 1.82) is 0 Å². The van der Waals surface area contributed by atoms with Gasteiger partial charge >= 0.3 is 0 Å². The Morgan fingerprint density at radius 3 is 2.51 bits per heavy atom. The van der Waals surface area contributed by atoms with Crippen LogP contribution in [0.4, 0.5) is 10.3 Å². The van der Waals surface area contributed by atoms with Crippen LogP contribution in [0.15, 0.2) is 71.9 Å². The van der Waals surface area contributed by atoms with E-state index in [-0.39, 0.29) is 17.0 Å². The molecule has 4 rings (SSSR count). The Kier molecular flexibility index (Phi) is 7.55. The standard InChI is InChI=1S/C26H29FN6O3S/c1-26(2,3)33-17-20(24(32-33)18-10-11-21(27)23(34)16-18)22-12-15-29-25(31-22)28-13-7-14-30-37(35,36)19-8-5-4-6-9-19/h4-6,8-12,15-17,30,34H,7,13-14H2,1-3H3,(H,28,29,31). The molecule has 0 saturated heterocycles. The zero-order valence-corrected chi connectivity index (χ0v) is 21.6. The minimum Gasteiger partial charge on any atom is -0.505 e. The lowest BCUT2D eigenvalue weighted by Gasteiger charge is -2.18. The molecule has 2 aromatic carbocycles. The van der Waals surface area contributed by atoms with Crippen molar-refractivity contribution >= 4 is 16.0 Å². The van der Waals surface area contributed by atoms with Crippen LogP contribution in [0.25, 0.3) is 22.5 Å². The van der Waals surface area contributed by atoms with Crippen LogP contribution in [0.1, 0.15) is 27.2 Å². The van der Waals surface area contributed by atoms with Crippen molar-refractivity contribution in [2.24, 2.45) is 0 Å². The molecule has 2 heterocycles. The zero-order valence-electron chi connectivity index (χ0n) is 20.8. The minimum atomic E-state index is -3.55. The lowest BCUT2D eigenvalue weighted by Crippen LogP contribution is -2.26. The molecule has 0 aliphatic rings. The third-order valence-electron chi connectivity index (χ3n) is 5.53. The van der Waals surface area contributed by atoms with E-state index in [2.05, 4.69) is 20.0 Å². The fraction of sp³-hybridized carbons (Fsp3) is 0.269. The van der Waals surface area contributed by atoms with Gasteiger partial charge < -0.3 is 10.4 Å². The zero-order chi connectivity index (χ0) is 26.6. The van der Waals surface area contributed by atoms with Crippen molar-refractivity contribution in [3.63, 3.8) is 0 Å². The number of benzene rings is 2. The van der Waals surface area contributed by atoms with Crippen LogP contribution in [0.5, 0.6) is 5.75 Å². The Morgan fingerprint density at radius 2 is 1.81 bits per heavy atom. The summed E-state index contributed by atoms with van der Waals surface area (Å²) in [4.78, 5) is 9.09. The molecule has 0 radical (unpaired) electrons. The van der Waals surface area contributed by atoms with Crippen LogP contribution in [0, 0.1) is 5.82 Å². The van der Waals surface area contributed by atoms with Crippen molar-refractivity contribution in [1.82, 2.24) is 24.5 Å². The number of nitrogens with zero attached hydrogens (tertiary/aromatic N) is 4. The van der Waals surface area contributed by atoms with E-state index in [4.69, 9.17) is 5.10 Å². The second-order valence-corrected chi connectivity index (χ2v) is 11.2. The van der Waals surface area contributed by atoms with Gasteiger partial charge in [-0.1, -0.05) is 18.2 Å². The van der Waals surface area contributed by atoms with Crippen molar-refractivity contribution in [3.8, 4) is 28.3 Å². The molecule has 11 heteroatoms. The average molecular weight is 525 g/mol. The van der Waals surface area contributed by atoms with E-state index in [1.54, 1.807) is 53.3 Å². The number of phenolic OH excluding ortho intramolecular Hbond substituents is 1. The summed E-state index contributed by atoms with van der Waals surface area (Å²) in [6.07, 6.45) is 3.99. The monoisotopic (exact) mass is 524 g/mol. The lowest BCUT2D eigenvalue weighted by molar-refractivity contribution is 0.356. The van der Waals surface area contributed by atoms with Gasteiger partial charge in [0.1, 0.15) is 5.69 Å². The van der Waals surface area contributed by atoms with Crippen molar-refractivity contribution < 1.29 is 17.9 Å². The Hall–Kier alpha value is -3.83. The molecule has 0 amide bonds. The van der Waals surface area contributed by atoms with Gasteiger partial charge in [0.15, 0.2) is 11.6 Å². The molecule has 9 nitrogen and oxygen atoms in total. The molecule has 0 aliphatic heterocycles. The van der Waals surface area contributed by atoms with Gasteiger partial charge in [0, 0.05) is 36.6 Å². The summed E-state index contributed by atoms with van der Waals surface area (Å²) in [5.41, 5.74) is 2.07. The molecule has 4 aromatic rings. The van der Waals surface area contributed by atoms with Gasteiger partial charge in [0.05, 0.1) is 16.1 Å². The maximum atomic E-state index is 13.7. The van der Waals surface area contributed by atoms with E-state index in [0.717, 1.165) is 0 Å². The molecule has 0 bridgehead atoms. The highest BCUT2D eigenvalue weighted by atomic mass is 32.2. The van der Waals surface area contributed by atoms with E-state index in [1.165, 1.54) is 12.1 Å². The predicted molar refractivity (Wildman–Crippen MR) is 140 cm³/mol. The van der Waals surface area contributed by atoms with Crippen molar-refractivity contribution in [2.75, 3.05) is 18.4 Å². The number of sulfonamides is 1. The second kappa shape index (κ2) is 10.7. The number of hydrogen-bond acceptors (Lipinski definition) is 7. The number of hydrogen-bond donors (Lipinski definition) is 3. The van der Waals surface area contributed by atoms with E-state index in [0.29, 0.717) is 41.4 Å². The number of nitrogens with one attached hydrogen (secondary N) is 2. The van der Waals surface area contributed by atoms with E-state index >= 15 is 0 Å². The Balaban J connectivity index is 1.48. The third-order valence-corrected chi connectivity index (χ3v) is 7.01. The van der Waals surface area contributed by atoms with Gasteiger partial charge in [0.25, 0.3) is 0 Å². The summed E-state index contributed by atoms with van der Waals surface area (Å²) in [5.74, 6) is -0.790. The molecular formula is C26H29FN6O3S. The maximum absolute atomic E-state index is 13.7. The Labute approximate surface area is 215 Å². The summed E-state index contributed by atoms with van der Waals surface area (Å²) >= 11 is 0. The molecule has 0 unspecified atom stereocenters. The number of aromatic hydroxyl groups is 1. The summed E-state index contributed by atoms with van der Waals surface area (Å²) in [6, 6.07) is 14.0. The van der Waals surface area contributed by atoms with E-state index in [1.807, 2.05) is 27.0 Å². The molecule has 0 spiro atoms. The van der Waals surface area contributed by atoms with Crippen LogP contribution in [0.2, 0.25) is 0 Å². The number of rotatable bonds is 9. The summed E-state index contributed by atoms with van der Waals surface area (Å²) in [7, 11) is -3.55. The quantitative estimate of drug-likeness (QED) is 0.278. The van der Waals surface area contributed by atoms with Gasteiger partial charge in [-0.05, 0) is 63.6 Å². The van der Waals surface area contributed by atoms with Crippen LogP contribution in [-0.4, -0.2) is 46.4 Å². The smallest absolute Gasteiger partial charge is 0.240 e. The topological polar surface area (TPSA) is 122 Å². The van der Waals surface area contributed by atoms with Gasteiger partial charge in [-0.15, -0.1) is 0 Å². The lowest BCUT2D eigenvalue weighted by atomic mass is 10.1. The van der Waals surface area contributed by atoms with Crippen LogP contribution in [0.3, 0.4) is 0 Å². The summed E-state index contributed by atoms with van der Waals surface area (Å²) in [6.45, 7) is 6.72. The fourth-order valence-electron chi connectivity index (χ4n) is 3.55. The molecule has 2 aromatic heterocycles. The van der Waals surface area contributed by atoms with Gasteiger partial charge in [-0.3, -0.25) is 4.68 Å². The van der Waals surface area contributed by atoms with Crippen molar-refractivity contribution in [3.05, 3.63) is 72.8 Å². The first-order valence-electron chi connectivity index (χ1n) is 11.8. The van der Waals surface area contributed by atoms with Crippen LogP contribution in [-0.2, 0) is 15.6 Å². The maximum Gasteiger partial charge on any atom is 0.240 e. The summed E-state index contributed by atoms with van der Waals surface area (Å²) < 4.78 is 42.7. The Morgan fingerprint density at radius 1 is 1.05 bits per heavy atom. The predicted octanol–water partition coefficient (Wildman–Crippen LogP) is 4.39. The van der Waals surface area contributed by atoms with Gasteiger partial charge in [-0.2, -0.15) is 5.10 Å². The largest absolute Gasteiger partial charge is 0.505 e. The molecule has 0 atom stereocenters. The normalized spacial score (nSPS) is 12.0. The van der Waals surface area contributed by atoms with E-state index < -0.39 is 21.6 Å². The molecule has 194 valence electrons. The minimum absolute atomic E-state index is 0.222. The molecule has 0 saturated carbocycles. The first kappa shape index (κ1) is 26.2. The summed E-state index contributed by atoms with van der Waals surface area (Å²) in [5, 5.41) is 17.7. The first-order chi connectivity index (χ1) is 17.5. The molecular weight excluding hydrogens is 495 g/mol. The highest BCUT2D eigenvalue weighted by Gasteiger charge is 2.22. The molecule has 0 aliphatic carbocycles. The number of halogens is 1. The molecule has 37 heavy (non-hydrogen) atoms. The van der Waals surface area contributed by atoms with Gasteiger partial charge in [0.2, 0.25) is 16.0 Å². The second-order valence-electron chi connectivity index (χ2n) is 9.43. The van der Waals surface area contributed by atoms with Crippen LogP contribution < -0.4 is 10.0 Å². The Bertz CT molecular complexity index is 1480. The number of anilines is 1. The van der Waals surface area contributed by atoms with Gasteiger partial charge in [-0.25, -0.2) is 27.5 Å². The molecule has 0 fully saturated rings. The number of phenols is 1. The SMILES string of the molecule is CC(C)(C)n1cc(-c2ccnc(NCCCNS(=O)(=O)c3ccccc3)n2)c(-c2ccc(F)c(O)c2)n1. The number of aromatic nitrogens is 4. The first-order valence-corrected chi connectivity index (χ1v) is 13.2. The van der Waals surface area contributed by atoms with E-state index in [9.17, 15) is 17.9 Å². The third kappa shape index (κ3) is 6.30. The van der Waals surface area contributed by atoms with Crippen LogP contribution >= 0.6 is 0 Å². The van der Waals surface area contributed by atoms with Crippen molar-refractivity contribution in [2.45, 2.75) is 37.6 Å². The average Bonchev–Trinajstić information content (AvgIpc) is 3.33. The fourth-order valence-corrected chi connectivity index (χ4v) is 4.65. The highest BCUT2D eigenvalue weighted by Crippen LogP contribution is 2.34. The highest BCUT2D eigenvalue weighted by molar-refractivity contribution is 7.89. The molecule has 3 N–H and O–H groups in total.